The smallest absolute Gasteiger partial charge is 0.240 e. The van der Waals surface area contributed by atoms with Gasteiger partial charge in [0.2, 0.25) is 10.0 Å². The first-order valence-corrected chi connectivity index (χ1v) is 8.26. The average molecular weight is 284 g/mol. The van der Waals surface area contributed by atoms with E-state index in [-0.39, 0.29) is 5.92 Å². The highest BCUT2D eigenvalue weighted by molar-refractivity contribution is 7.89. The minimum Gasteiger partial charge on any atom is -0.330 e. The van der Waals surface area contributed by atoms with Gasteiger partial charge in [0.25, 0.3) is 0 Å². The molecular formula is C14H24N2O2S. The second-order valence-corrected chi connectivity index (χ2v) is 6.70. The fraction of sp³-hybridized carbons (Fsp3) is 0.571. The van der Waals surface area contributed by atoms with Crippen LogP contribution in [0.1, 0.15) is 32.3 Å². The molecule has 0 fully saturated rings. The molecule has 0 aliphatic rings. The van der Waals surface area contributed by atoms with E-state index in [1.54, 1.807) is 12.1 Å². The topological polar surface area (TPSA) is 72.2 Å². The van der Waals surface area contributed by atoms with E-state index >= 15 is 0 Å². The average Bonchev–Trinajstić information content (AvgIpc) is 2.38. The van der Waals surface area contributed by atoms with Gasteiger partial charge in [-0.25, -0.2) is 13.1 Å². The zero-order valence-electron chi connectivity index (χ0n) is 11.7. The molecule has 0 saturated carbocycles. The minimum absolute atomic E-state index is 0.249. The van der Waals surface area contributed by atoms with Crippen molar-refractivity contribution in [2.75, 3.05) is 13.1 Å². The Morgan fingerprint density at radius 2 is 1.89 bits per heavy atom. The van der Waals surface area contributed by atoms with Gasteiger partial charge >= 0.3 is 0 Å². The summed E-state index contributed by atoms with van der Waals surface area (Å²) in [6, 6.07) is 7.09. The Morgan fingerprint density at radius 3 is 2.42 bits per heavy atom. The molecule has 4 nitrogen and oxygen atoms in total. The Bertz CT molecular complexity index is 469. The lowest BCUT2D eigenvalue weighted by Gasteiger charge is -2.12. The molecule has 0 amide bonds. The summed E-state index contributed by atoms with van der Waals surface area (Å²) in [5.74, 6) is 0.249. The molecule has 1 unspecified atom stereocenters. The Balaban J connectivity index is 2.66. The predicted octanol–water partition coefficient (Wildman–Crippen LogP) is 1.90. The maximum atomic E-state index is 12.1. The fourth-order valence-electron chi connectivity index (χ4n) is 1.85. The van der Waals surface area contributed by atoms with E-state index in [4.69, 9.17) is 5.73 Å². The van der Waals surface area contributed by atoms with Gasteiger partial charge in [0, 0.05) is 6.54 Å². The molecule has 19 heavy (non-hydrogen) atoms. The van der Waals surface area contributed by atoms with Crippen molar-refractivity contribution in [2.24, 2.45) is 11.7 Å². The van der Waals surface area contributed by atoms with Gasteiger partial charge in [-0.1, -0.05) is 32.4 Å². The summed E-state index contributed by atoms with van der Waals surface area (Å²) in [5, 5.41) is 0. The summed E-state index contributed by atoms with van der Waals surface area (Å²) in [7, 11) is -3.40. The number of sulfonamides is 1. The van der Waals surface area contributed by atoms with Gasteiger partial charge in [0.05, 0.1) is 4.90 Å². The number of hydrogen-bond donors (Lipinski definition) is 2. The van der Waals surface area contributed by atoms with Gasteiger partial charge in [0.1, 0.15) is 0 Å². The van der Waals surface area contributed by atoms with Gasteiger partial charge in [0.15, 0.2) is 0 Å². The van der Waals surface area contributed by atoms with Crippen molar-refractivity contribution in [3.05, 3.63) is 29.8 Å². The van der Waals surface area contributed by atoms with Gasteiger partial charge in [-0.05, 0) is 43.0 Å². The summed E-state index contributed by atoms with van der Waals surface area (Å²) >= 11 is 0. The molecule has 1 rings (SSSR count). The Morgan fingerprint density at radius 1 is 1.26 bits per heavy atom. The van der Waals surface area contributed by atoms with E-state index < -0.39 is 10.0 Å². The van der Waals surface area contributed by atoms with Gasteiger partial charge < -0.3 is 5.73 Å². The van der Waals surface area contributed by atoms with Crippen molar-refractivity contribution in [3.63, 3.8) is 0 Å². The molecule has 0 aliphatic heterocycles. The van der Waals surface area contributed by atoms with Crippen molar-refractivity contribution in [3.8, 4) is 0 Å². The van der Waals surface area contributed by atoms with E-state index in [0.717, 1.165) is 24.8 Å². The minimum atomic E-state index is -3.40. The van der Waals surface area contributed by atoms with Crippen LogP contribution in [0.2, 0.25) is 0 Å². The molecule has 108 valence electrons. The summed E-state index contributed by atoms with van der Waals surface area (Å²) in [4.78, 5) is 0.326. The van der Waals surface area contributed by atoms with E-state index in [2.05, 4.69) is 11.6 Å². The molecule has 1 atom stereocenters. The number of nitrogens with one attached hydrogen (secondary N) is 1. The third-order valence-electron chi connectivity index (χ3n) is 3.05. The van der Waals surface area contributed by atoms with Crippen molar-refractivity contribution >= 4 is 10.0 Å². The Labute approximate surface area is 116 Å². The normalized spacial score (nSPS) is 13.4. The summed E-state index contributed by atoms with van der Waals surface area (Å²) in [5.41, 5.74) is 6.61. The van der Waals surface area contributed by atoms with Crippen LogP contribution in [-0.2, 0) is 16.4 Å². The van der Waals surface area contributed by atoms with Crippen LogP contribution < -0.4 is 10.5 Å². The Kier molecular flexibility index (Phi) is 6.48. The molecule has 0 radical (unpaired) electrons. The maximum Gasteiger partial charge on any atom is 0.240 e. The van der Waals surface area contributed by atoms with Crippen LogP contribution in [0.5, 0.6) is 0 Å². The second kappa shape index (κ2) is 7.62. The molecular weight excluding hydrogens is 260 g/mol. The molecule has 0 bridgehead atoms. The van der Waals surface area contributed by atoms with E-state index in [0.29, 0.717) is 18.0 Å². The van der Waals surface area contributed by atoms with Crippen LogP contribution >= 0.6 is 0 Å². The molecule has 0 heterocycles. The van der Waals surface area contributed by atoms with E-state index in [9.17, 15) is 8.42 Å². The van der Waals surface area contributed by atoms with Crippen LogP contribution in [-0.4, -0.2) is 21.5 Å². The quantitative estimate of drug-likeness (QED) is 0.766. The number of nitrogens with two attached hydrogens (primary N) is 1. The number of aryl methyl sites for hydroxylation is 1. The molecule has 5 heteroatoms. The largest absolute Gasteiger partial charge is 0.330 e. The lowest BCUT2D eigenvalue weighted by molar-refractivity contribution is 0.515. The summed E-state index contributed by atoms with van der Waals surface area (Å²) in [6.45, 7) is 5.09. The zero-order chi connectivity index (χ0) is 14.3. The number of benzene rings is 1. The number of hydrogen-bond acceptors (Lipinski definition) is 3. The predicted molar refractivity (Wildman–Crippen MR) is 78.5 cm³/mol. The SMILES string of the molecule is CCCc1ccc(S(=O)(=O)NCC(C)CCN)cc1. The van der Waals surface area contributed by atoms with Crippen molar-refractivity contribution < 1.29 is 8.42 Å². The van der Waals surface area contributed by atoms with Crippen LogP contribution in [0.15, 0.2) is 29.2 Å². The van der Waals surface area contributed by atoms with Crippen molar-refractivity contribution in [1.82, 2.24) is 4.72 Å². The lowest BCUT2D eigenvalue weighted by Crippen LogP contribution is -2.29. The van der Waals surface area contributed by atoms with Crippen LogP contribution in [0, 0.1) is 5.92 Å². The van der Waals surface area contributed by atoms with Gasteiger partial charge in [-0.2, -0.15) is 0 Å². The van der Waals surface area contributed by atoms with Crippen molar-refractivity contribution in [1.29, 1.82) is 0 Å². The highest BCUT2D eigenvalue weighted by atomic mass is 32.2. The molecule has 0 spiro atoms. The molecule has 1 aromatic carbocycles. The summed E-state index contributed by atoms with van der Waals surface area (Å²) < 4.78 is 26.8. The van der Waals surface area contributed by atoms with E-state index in [1.807, 2.05) is 19.1 Å². The maximum absolute atomic E-state index is 12.1. The molecule has 3 N–H and O–H groups in total. The second-order valence-electron chi connectivity index (χ2n) is 4.93. The zero-order valence-corrected chi connectivity index (χ0v) is 12.5. The highest BCUT2D eigenvalue weighted by Gasteiger charge is 2.14. The first-order valence-electron chi connectivity index (χ1n) is 6.78. The first kappa shape index (κ1) is 16.1. The van der Waals surface area contributed by atoms with Gasteiger partial charge in [-0.15, -0.1) is 0 Å². The fourth-order valence-corrected chi connectivity index (χ4v) is 3.01. The first-order chi connectivity index (χ1) is 8.99. The highest BCUT2D eigenvalue weighted by Crippen LogP contribution is 2.12. The van der Waals surface area contributed by atoms with Crippen molar-refractivity contribution in [2.45, 2.75) is 38.0 Å². The number of rotatable bonds is 8. The van der Waals surface area contributed by atoms with Gasteiger partial charge in [-0.3, -0.25) is 0 Å². The lowest BCUT2D eigenvalue weighted by atomic mass is 10.1. The molecule has 0 aliphatic carbocycles. The third kappa shape index (κ3) is 5.30. The van der Waals surface area contributed by atoms with Crippen LogP contribution in [0.4, 0.5) is 0 Å². The monoisotopic (exact) mass is 284 g/mol. The van der Waals surface area contributed by atoms with Crippen LogP contribution in [0.3, 0.4) is 0 Å². The Hall–Kier alpha value is -0.910. The molecule has 0 saturated heterocycles. The van der Waals surface area contributed by atoms with E-state index in [1.165, 1.54) is 0 Å². The third-order valence-corrected chi connectivity index (χ3v) is 4.49. The molecule has 0 aromatic heterocycles. The standard InChI is InChI=1S/C14H24N2O2S/c1-3-4-13-5-7-14(8-6-13)19(17,18)16-11-12(2)9-10-15/h5-8,12,16H,3-4,9-11,15H2,1-2H3. The molecule has 1 aromatic rings. The van der Waals surface area contributed by atoms with Crippen LogP contribution in [0.25, 0.3) is 0 Å². The summed E-state index contributed by atoms with van der Waals surface area (Å²) in [6.07, 6.45) is 2.85.